The topological polar surface area (TPSA) is 83.8 Å². The van der Waals surface area contributed by atoms with Crippen LogP contribution in [0.1, 0.15) is 17.9 Å². The smallest absolute Gasteiger partial charge is 0.306 e. The van der Waals surface area contributed by atoms with Crippen molar-refractivity contribution < 1.29 is 24.5 Å². The Morgan fingerprint density at radius 1 is 1.33 bits per heavy atom. The van der Waals surface area contributed by atoms with E-state index >= 15 is 0 Å². The van der Waals surface area contributed by atoms with Crippen LogP contribution in [-0.4, -0.2) is 41.8 Å². The van der Waals surface area contributed by atoms with Gasteiger partial charge in [0.2, 0.25) is 0 Å². The van der Waals surface area contributed by atoms with Gasteiger partial charge in [-0.1, -0.05) is 30.3 Å². The molecule has 0 aromatic heterocycles. The first kappa shape index (κ1) is 14.3. The van der Waals surface area contributed by atoms with Crippen LogP contribution in [0.5, 0.6) is 0 Å². The summed E-state index contributed by atoms with van der Waals surface area (Å²) in [7, 11) is 0. The third kappa shape index (κ3) is 4.65. The maximum atomic E-state index is 11.4. The molecule has 0 spiro atoms. The van der Waals surface area contributed by atoms with Crippen molar-refractivity contribution in [2.75, 3.05) is 13.2 Å². The lowest BCUT2D eigenvalue weighted by Crippen LogP contribution is -2.22. The van der Waals surface area contributed by atoms with Crippen LogP contribution in [0.4, 0.5) is 0 Å². The SMILES string of the molecule is O=CC(CC(=O)OCC(O)CO)c1ccccc1. The lowest BCUT2D eigenvalue weighted by molar-refractivity contribution is -0.148. The van der Waals surface area contributed by atoms with Gasteiger partial charge in [-0.25, -0.2) is 0 Å². The van der Waals surface area contributed by atoms with E-state index in [1.165, 1.54) is 0 Å². The second-order valence-corrected chi connectivity index (χ2v) is 3.88. The Labute approximate surface area is 105 Å². The van der Waals surface area contributed by atoms with Crippen LogP contribution in [0.3, 0.4) is 0 Å². The van der Waals surface area contributed by atoms with Gasteiger partial charge in [0.25, 0.3) is 0 Å². The molecule has 18 heavy (non-hydrogen) atoms. The van der Waals surface area contributed by atoms with E-state index in [4.69, 9.17) is 14.9 Å². The van der Waals surface area contributed by atoms with E-state index in [-0.39, 0.29) is 13.0 Å². The van der Waals surface area contributed by atoms with Crippen molar-refractivity contribution in [2.45, 2.75) is 18.4 Å². The normalized spacial score (nSPS) is 13.7. The highest BCUT2D eigenvalue weighted by Gasteiger charge is 2.17. The van der Waals surface area contributed by atoms with Crippen LogP contribution < -0.4 is 0 Å². The van der Waals surface area contributed by atoms with Gasteiger partial charge in [-0.2, -0.15) is 0 Å². The highest BCUT2D eigenvalue weighted by Crippen LogP contribution is 2.17. The quantitative estimate of drug-likeness (QED) is 0.537. The van der Waals surface area contributed by atoms with Gasteiger partial charge in [-0.05, 0) is 5.56 Å². The summed E-state index contributed by atoms with van der Waals surface area (Å²) >= 11 is 0. The number of hydrogen-bond acceptors (Lipinski definition) is 5. The van der Waals surface area contributed by atoms with Crippen molar-refractivity contribution in [1.29, 1.82) is 0 Å². The Morgan fingerprint density at radius 3 is 2.56 bits per heavy atom. The second kappa shape index (κ2) is 7.58. The average Bonchev–Trinajstić information content (AvgIpc) is 2.43. The number of aliphatic hydroxyl groups excluding tert-OH is 2. The monoisotopic (exact) mass is 252 g/mol. The van der Waals surface area contributed by atoms with Crippen molar-refractivity contribution in [3.8, 4) is 0 Å². The number of ether oxygens (including phenoxy) is 1. The molecule has 1 rings (SSSR count). The number of hydrogen-bond donors (Lipinski definition) is 2. The molecule has 0 amide bonds. The van der Waals surface area contributed by atoms with Gasteiger partial charge < -0.3 is 19.7 Å². The van der Waals surface area contributed by atoms with Crippen LogP contribution in [0.2, 0.25) is 0 Å². The fourth-order valence-corrected chi connectivity index (χ4v) is 1.43. The molecule has 0 aliphatic heterocycles. The molecule has 0 saturated heterocycles. The highest BCUT2D eigenvalue weighted by atomic mass is 16.5. The van der Waals surface area contributed by atoms with E-state index in [9.17, 15) is 9.59 Å². The number of benzene rings is 1. The summed E-state index contributed by atoms with van der Waals surface area (Å²) in [4.78, 5) is 22.4. The molecule has 0 aliphatic rings. The molecule has 2 N–H and O–H groups in total. The zero-order valence-electron chi connectivity index (χ0n) is 9.86. The van der Waals surface area contributed by atoms with Crippen LogP contribution >= 0.6 is 0 Å². The predicted molar refractivity (Wildman–Crippen MR) is 63.9 cm³/mol. The fourth-order valence-electron chi connectivity index (χ4n) is 1.43. The van der Waals surface area contributed by atoms with Crippen molar-refractivity contribution in [2.24, 2.45) is 0 Å². The molecule has 0 bridgehead atoms. The molecule has 0 radical (unpaired) electrons. The molecule has 2 atom stereocenters. The van der Waals surface area contributed by atoms with Crippen molar-refractivity contribution in [3.05, 3.63) is 35.9 Å². The largest absolute Gasteiger partial charge is 0.463 e. The fraction of sp³-hybridized carbons (Fsp3) is 0.385. The van der Waals surface area contributed by atoms with E-state index in [1.54, 1.807) is 24.3 Å². The molecule has 0 heterocycles. The minimum atomic E-state index is -1.08. The van der Waals surface area contributed by atoms with E-state index in [1.807, 2.05) is 6.07 Å². The summed E-state index contributed by atoms with van der Waals surface area (Å²) < 4.78 is 4.74. The summed E-state index contributed by atoms with van der Waals surface area (Å²) in [5.74, 6) is -1.13. The van der Waals surface area contributed by atoms with Crippen molar-refractivity contribution in [1.82, 2.24) is 0 Å². The molecule has 5 heteroatoms. The lowest BCUT2D eigenvalue weighted by atomic mass is 9.97. The third-order valence-corrected chi connectivity index (χ3v) is 2.43. The Balaban J connectivity index is 2.49. The van der Waals surface area contributed by atoms with Gasteiger partial charge in [0.15, 0.2) is 0 Å². The van der Waals surface area contributed by atoms with E-state index in [0.717, 1.165) is 5.56 Å². The number of aliphatic hydroxyl groups is 2. The number of esters is 1. The van der Waals surface area contributed by atoms with E-state index in [2.05, 4.69) is 0 Å². The summed E-state index contributed by atoms with van der Waals surface area (Å²) in [6, 6.07) is 8.91. The van der Waals surface area contributed by atoms with Crippen LogP contribution in [0.25, 0.3) is 0 Å². The van der Waals surface area contributed by atoms with Crippen LogP contribution in [-0.2, 0) is 14.3 Å². The molecular formula is C13H16O5. The summed E-state index contributed by atoms with van der Waals surface area (Å²) in [5.41, 5.74) is 0.743. The van der Waals surface area contributed by atoms with Gasteiger partial charge >= 0.3 is 5.97 Å². The number of rotatable bonds is 7. The van der Waals surface area contributed by atoms with Gasteiger partial charge in [-0.15, -0.1) is 0 Å². The lowest BCUT2D eigenvalue weighted by Gasteiger charge is -2.12. The molecular weight excluding hydrogens is 236 g/mol. The van der Waals surface area contributed by atoms with Gasteiger partial charge in [-0.3, -0.25) is 4.79 Å². The summed E-state index contributed by atoms with van der Waals surface area (Å²) in [6.45, 7) is -0.737. The Morgan fingerprint density at radius 2 is 2.00 bits per heavy atom. The maximum Gasteiger partial charge on any atom is 0.306 e. The molecule has 1 aromatic carbocycles. The first-order valence-electron chi connectivity index (χ1n) is 5.62. The van der Waals surface area contributed by atoms with Crippen LogP contribution in [0.15, 0.2) is 30.3 Å². The standard InChI is InChI=1S/C13H16O5/c14-7-11(10-4-2-1-3-5-10)6-13(17)18-9-12(16)8-15/h1-5,7,11-12,15-16H,6,8-9H2. The van der Waals surface area contributed by atoms with Gasteiger partial charge in [0, 0.05) is 0 Å². The molecule has 5 nitrogen and oxygen atoms in total. The number of carbonyl (C=O) groups is 2. The van der Waals surface area contributed by atoms with E-state index < -0.39 is 24.6 Å². The molecule has 0 aliphatic carbocycles. The minimum absolute atomic E-state index is 0.0777. The zero-order valence-corrected chi connectivity index (χ0v) is 9.86. The van der Waals surface area contributed by atoms with Gasteiger partial charge in [0.05, 0.1) is 18.9 Å². The number of aldehydes is 1. The van der Waals surface area contributed by atoms with E-state index in [0.29, 0.717) is 6.29 Å². The summed E-state index contributed by atoms with van der Waals surface area (Å²) in [6.07, 6.45) is -0.467. The Bertz CT molecular complexity index is 376. The Kier molecular flexibility index (Phi) is 6.04. The molecule has 0 fully saturated rings. The summed E-state index contributed by atoms with van der Waals surface area (Å²) in [5, 5.41) is 17.6. The first-order chi connectivity index (χ1) is 8.67. The molecule has 98 valence electrons. The number of carbonyl (C=O) groups excluding carboxylic acids is 2. The van der Waals surface area contributed by atoms with Crippen LogP contribution in [0, 0.1) is 0 Å². The average molecular weight is 252 g/mol. The highest BCUT2D eigenvalue weighted by molar-refractivity contribution is 5.76. The predicted octanol–water partition coefficient (Wildman–Crippen LogP) is 0.256. The second-order valence-electron chi connectivity index (χ2n) is 3.88. The van der Waals surface area contributed by atoms with Gasteiger partial charge in [0.1, 0.15) is 19.0 Å². The third-order valence-electron chi connectivity index (χ3n) is 2.43. The Hall–Kier alpha value is -1.72. The minimum Gasteiger partial charge on any atom is -0.463 e. The zero-order chi connectivity index (χ0) is 13.4. The molecule has 0 saturated carbocycles. The maximum absolute atomic E-state index is 11.4. The molecule has 2 unspecified atom stereocenters. The van der Waals surface area contributed by atoms with Crippen molar-refractivity contribution >= 4 is 12.3 Å². The van der Waals surface area contributed by atoms with Crippen molar-refractivity contribution in [3.63, 3.8) is 0 Å². The first-order valence-corrected chi connectivity index (χ1v) is 5.62. The molecule has 1 aromatic rings.